The lowest BCUT2D eigenvalue weighted by Gasteiger charge is -2.26. The van der Waals surface area contributed by atoms with Crippen LogP contribution in [0.3, 0.4) is 0 Å². The number of hydrogen-bond donors (Lipinski definition) is 1. The summed E-state index contributed by atoms with van der Waals surface area (Å²) in [4.78, 5) is 4.19. The Morgan fingerprint density at radius 3 is 2.56 bits per heavy atom. The molecule has 0 fully saturated rings. The summed E-state index contributed by atoms with van der Waals surface area (Å²) in [5.41, 5.74) is 0.869. The number of rotatable bonds is 2. The topological polar surface area (TPSA) is 48.2 Å². The molecule has 0 amide bonds. The lowest BCUT2D eigenvalue weighted by Crippen LogP contribution is -2.27. The lowest BCUT2D eigenvalue weighted by atomic mass is 10.1. The second-order valence-electron chi connectivity index (χ2n) is 3.20. The largest absolute Gasteiger partial charge is 0.375 e. The number of benzene rings is 1. The maximum atomic E-state index is 9.14. The van der Waals surface area contributed by atoms with Crippen molar-refractivity contribution in [1.29, 1.82) is 0 Å². The van der Waals surface area contributed by atoms with Gasteiger partial charge in [-0.05, 0) is 17.7 Å². The maximum absolute atomic E-state index is 9.14. The van der Waals surface area contributed by atoms with Crippen LogP contribution in [0.1, 0.15) is 11.7 Å². The van der Waals surface area contributed by atoms with E-state index in [9.17, 15) is 0 Å². The highest BCUT2D eigenvalue weighted by molar-refractivity contribution is 6.80. The number of aliphatic hydroxyl groups excluding tert-OH is 1. The highest BCUT2D eigenvalue weighted by atomic mass is 35.5. The van der Waals surface area contributed by atoms with Gasteiger partial charge in [-0.3, -0.25) is 0 Å². The van der Waals surface area contributed by atoms with E-state index in [4.69, 9.17) is 28.3 Å². The minimum Gasteiger partial charge on any atom is -0.375 e. The smallest absolute Gasteiger partial charge is 0.166 e. The van der Waals surface area contributed by atoms with Gasteiger partial charge in [0.2, 0.25) is 0 Å². The van der Waals surface area contributed by atoms with Crippen LogP contribution in [0.2, 0.25) is 5.02 Å². The molecule has 2 rings (SSSR count). The molecule has 6 heteroatoms. The first-order chi connectivity index (χ1) is 7.70. The summed E-state index contributed by atoms with van der Waals surface area (Å²) >= 11 is 11.6. The molecule has 1 N–H and O–H groups in total. The van der Waals surface area contributed by atoms with E-state index in [-0.39, 0.29) is 6.73 Å². The van der Waals surface area contributed by atoms with Gasteiger partial charge in [0.15, 0.2) is 6.17 Å². The van der Waals surface area contributed by atoms with Crippen molar-refractivity contribution in [2.75, 3.05) is 6.73 Å². The van der Waals surface area contributed by atoms with Crippen molar-refractivity contribution >= 4 is 34.6 Å². The van der Waals surface area contributed by atoms with Gasteiger partial charge in [-0.1, -0.05) is 35.3 Å². The van der Waals surface area contributed by atoms with Crippen molar-refractivity contribution in [2.24, 2.45) is 10.1 Å². The van der Waals surface area contributed by atoms with Crippen molar-refractivity contribution in [2.45, 2.75) is 6.17 Å². The summed E-state index contributed by atoms with van der Waals surface area (Å²) in [6.07, 6.45) is 0.990. The fraction of sp³-hybridized carbons (Fsp3) is 0.200. The predicted octanol–water partition coefficient (Wildman–Crippen LogP) is 2.23. The average molecular weight is 258 g/mol. The maximum Gasteiger partial charge on any atom is 0.166 e. The molecule has 84 valence electrons. The van der Waals surface area contributed by atoms with E-state index in [1.807, 2.05) is 12.1 Å². The van der Waals surface area contributed by atoms with Crippen LogP contribution >= 0.6 is 23.2 Å². The molecule has 0 bridgehead atoms. The molecule has 1 unspecified atom stereocenters. The summed E-state index contributed by atoms with van der Waals surface area (Å²) in [6, 6.07) is 7.16. The molecule has 0 saturated heterocycles. The standard InChI is InChI=1S/C10H9Cl2N3O/c11-8-3-1-7(2-4-8)10-14-9(12)5-13-15(10)6-16/h1-5,10,16H,6H2. The Kier molecular flexibility index (Phi) is 3.43. The van der Waals surface area contributed by atoms with Gasteiger partial charge >= 0.3 is 0 Å². The number of hydrogen-bond acceptors (Lipinski definition) is 4. The van der Waals surface area contributed by atoms with E-state index in [0.29, 0.717) is 10.2 Å². The van der Waals surface area contributed by atoms with E-state index in [0.717, 1.165) is 5.56 Å². The van der Waals surface area contributed by atoms with Crippen LogP contribution in [0.4, 0.5) is 0 Å². The molecule has 16 heavy (non-hydrogen) atoms. The molecular weight excluding hydrogens is 249 g/mol. The molecule has 0 spiro atoms. The zero-order valence-electron chi connectivity index (χ0n) is 8.22. The number of nitrogens with zero attached hydrogens (tertiary/aromatic N) is 3. The number of aliphatic hydroxyl groups is 1. The first kappa shape index (κ1) is 11.4. The van der Waals surface area contributed by atoms with Gasteiger partial charge in [0.1, 0.15) is 11.9 Å². The lowest BCUT2D eigenvalue weighted by molar-refractivity contribution is 0.0728. The number of hydrazone groups is 1. The molecule has 1 atom stereocenters. The SMILES string of the molecule is OCN1N=CC(Cl)=NC1c1ccc(Cl)cc1. The van der Waals surface area contributed by atoms with Crippen LogP contribution in [0.5, 0.6) is 0 Å². The van der Waals surface area contributed by atoms with Crippen molar-refractivity contribution in [3.8, 4) is 0 Å². The Hall–Kier alpha value is -1.10. The highest BCUT2D eigenvalue weighted by Gasteiger charge is 2.20. The predicted molar refractivity (Wildman–Crippen MR) is 64.9 cm³/mol. The van der Waals surface area contributed by atoms with E-state index < -0.39 is 6.17 Å². The first-order valence-electron chi connectivity index (χ1n) is 4.61. The Morgan fingerprint density at radius 2 is 1.94 bits per heavy atom. The van der Waals surface area contributed by atoms with Gasteiger partial charge in [-0.2, -0.15) is 5.10 Å². The van der Waals surface area contributed by atoms with E-state index >= 15 is 0 Å². The molecule has 0 radical (unpaired) electrons. The van der Waals surface area contributed by atoms with Gasteiger partial charge < -0.3 is 5.11 Å². The number of aliphatic imine (C=N–C) groups is 1. The third kappa shape index (κ3) is 2.35. The fourth-order valence-corrected chi connectivity index (χ4v) is 1.66. The summed E-state index contributed by atoms with van der Waals surface area (Å²) in [5, 5.41) is 15.5. The minimum atomic E-state index is -0.403. The molecule has 0 aliphatic carbocycles. The quantitative estimate of drug-likeness (QED) is 0.884. The van der Waals surface area contributed by atoms with Crippen molar-refractivity contribution in [3.05, 3.63) is 34.9 Å². The monoisotopic (exact) mass is 257 g/mol. The van der Waals surface area contributed by atoms with Gasteiger partial charge in [0.05, 0.1) is 6.21 Å². The average Bonchev–Trinajstić information content (AvgIpc) is 2.30. The summed E-state index contributed by atoms with van der Waals surface area (Å²) in [5.74, 6) is 0. The van der Waals surface area contributed by atoms with E-state index in [2.05, 4.69) is 10.1 Å². The van der Waals surface area contributed by atoms with Gasteiger partial charge in [-0.15, -0.1) is 0 Å². The molecule has 1 aromatic rings. The third-order valence-electron chi connectivity index (χ3n) is 2.15. The van der Waals surface area contributed by atoms with E-state index in [1.54, 1.807) is 12.1 Å². The van der Waals surface area contributed by atoms with Crippen molar-refractivity contribution in [3.63, 3.8) is 0 Å². The zero-order chi connectivity index (χ0) is 11.5. The molecule has 1 aliphatic heterocycles. The van der Waals surface area contributed by atoms with Crippen LogP contribution in [-0.2, 0) is 0 Å². The summed E-state index contributed by atoms with van der Waals surface area (Å²) in [7, 11) is 0. The van der Waals surface area contributed by atoms with Crippen molar-refractivity contribution < 1.29 is 5.11 Å². The Bertz CT molecular complexity index is 430. The second-order valence-corrected chi connectivity index (χ2v) is 4.03. The molecular formula is C10H9Cl2N3O. The van der Waals surface area contributed by atoms with Gasteiger partial charge in [0.25, 0.3) is 0 Å². The normalized spacial score (nSPS) is 19.8. The third-order valence-corrected chi connectivity index (χ3v) is 2.60. The summed E-state index contributed by atoms with van der Waals surface area (Å²) < 4.78 is 0. The van der Waals surface area contributed by atoms with Crippen LogP contribution in [0.15, 0.2) is 34.4 Å². The molecule has 0 saturated carbocycles. The molecule has 0 aromatic heterocycles. The Labute approximate surface area is 103 Å². The van der Waals surface area contributed by atoms with Crippen LogP contribution in [-0.4, -0.2) is 28.2 Å². The fourth-order valence-electron chi connectivity index (χ4n) is 1.40. The first-order valence-corrected chi connectivity index (χ1v) is 5.36. The zero-order valence-corrected chi connectivity index (χ0v) is 9.73. The van der Waals surface area contributed by atoms with Crippen LogP contribution < -0.4 is 0 Å². The van der Waals surface area contributed by atoms with Crippen LogP contribution in [0.25, 0.3) is 0 Å². The molecule has 1 heterocycles. The minimum absolute atomic E-state index is 0.225. The van der Waals surface area contributed by atoms with Crippen LogP contribution in [0, 0.1) is 0 Å². The Morgan fingerprint density at radius 1 is 1.25 bits per heavy atom. The van der Waals surface area contributed by atoms with Gasteiger partial charge in [0, 0.05) is 5.02 Å². The van der Waals surface area contributed by atoms with Crippen molar-refractivity contribution in [1.82, 2.24) is 5.01 Å². The molecule has 4 nitrogen and oxygen atoms in total. The Balaban J connectivity index is 2.31. The molecule has 1 aromatic carbocycles. The van der Waals surface area contributed by atoms with E-state index in [1.165, 1.54) is 11.2 Å². The summed E-state index contributed by atoms with van der Waals surface area (Å²) in [6.45, 7) is -0.225. The number of halogens is 2. The van der Waals surface area contributed by atoms with Gasteiger partial charge in [-0.25, -0.2) is 10.0 Å². The molecule has 1 aliphatic rings. The second kappa shape index (κ2) is 4.82. The highest BCUT2D eigenvalue weighted by Crippen LogP contribution is 2.25.